The van der Waals surface area contributed by atoms with Crippen molar-refractivity contribution in [1.82, 2.24) is 5.32 Å². The molecule has 1 N–H and O–H groups in total. The van der Waals surface area contributed by atoms with Crippen molar-refractivity contribution in [2.45, 2.75) is 25.8 Å². The Labute approximate surface area is 121 Å². The molecule has 0 aliphatic carbocycles. The highest BCUT2D eigenvalue weighted by Crippen LogP contribution is 2.25. The highest BCUT2D eigenvalue weighted by Gasteiger charge is 2.13. The summed E-state index contributed by atoms with van der Waals surface area (Å²) in [5.41, 5.74) is 2.75. The average molecular weight is 324 g/mol. The molecule has 0 bridgehead atoms. The Bertz CT molecular complexity index is 467. The molecule has 0 spiro atoms. The van der Waals surface area contributed by atoms with E-state index in [1.54, 1.807) is 11.3 Å². The smallest absolute Gasteiger partial charge is 0.0369 e. The zero-order valence-electron chi connectivity index (χ0n) is 10.5. The summed E-state index contributed by atoms with van der Waals surface area (Å²) in [4.78, 5) is 0. The normalized spacial score (nSPS) is 12.6. The highest BCUT2D eigenvalue weighted by atomic mass is 79.9. The topological polar surface area (TPSA) is 12.0 Å². The van der Waals surface area contributed by atoms with Gasteiger partial charge < -0.3 is 5.32 Å². The third-order valence-electron chi connectivity index (χ3n) is 2.97. The van der Waals surface area contributed by atoms with Gasteiger partial charge in [-0.05, 0) is 53.4 Å². The van der Waals surface area contributed by atoms with E-state index in [9.17, 15) is 0 Å². The molecular weight excluding hydrogens is 306 g/mol. The minimum atomic E-state index is 0.412. The first-order valence-electron chi connectivity index (χ1n) is 6.30. The van der Waals surface area contributed by atoms with Gasteiger partial charge in [0.25, 0.3) is 0 Å². The molecule has 18 heavy (non-hydrogen) atoms. The van der Waals surface area contributed by atoms with Crippen LogP contribution in [0, 0.1) is 0 Å². The minimum absolute atomic E-state index is 0.412. The van der Waals surface area contributed by atoms with Gasteiger partial charge in [0.2, 0.25) is 0 Å². The van der Waals surface area contributed by atoms with E-state index in [0.717, 1.165) is 19.4 Å². The van der Waals surface area contributed by atoms with Gasteiger partial charge in [0, 0.05) is 10.5 Å². The predicted octanol–water partition coefficient (Wildman–Crippen LogP) is 4.79. The lowest BCUT2D eigenvalue weighted by atomic mass is 10.0. The molecule has 0 radical (unpaired) electrons. The first-order valence-corrected chi connectivity index (χ1v) is 8.03. The molecule has 0 amide bonds. The maximum Gasteiger partial charge on any atom is 0.0369 e. The molecule has 0 fully saturated rings. The van der Waals surface area contributed by atoms with Crippen LogP contribution in [0.4, 0.5) is 0 Å². The second-order valence-corrected chi connectivity index (χ2v) is 5.99. The number of thiophene rings is 1. The molecule has 0 saturated heterocycles. The van der Waals surface area contributed by atoms with E-state index in [2.05, 4.69) is 69.3 Å². The maximum atomic E-state index is 3.63. The summed E-state index contributed by atoms with van der Waals surface area (Å²) in [5.74, 6) is 0. The van der Waals surface area contributed by atoms with Crippen molar-refractivity contribution in [3.05, 3.63) is 56.7 Å². The zero-order chi connectivity index (χ0) is 12.8. The number of halogens is 1. The Morgan fingerprint density at radius 3 is 2.78 bits per heavy atom. The summed E-state index contributed by atoms with van der Waals surface area (Å²) in [6, 6.07) is 11.1. The summed E-state index contributed by atoms with van der Waals surface area (Å²) >= 11 is 5.40. The standard InChI is InChI=1S/C15H18BrNS/c1-2-8-17-15(13-7-9-18-11-13)10-12-5-3-4-6-14(12)16/h3-7,9,11,15,17H,2,8,10H2,1H3. The molecule has 1 nitrogen and oxygen atoms in total. The third kappa shape index (κ3) is 3.67. The average Bonchev–Trinajstić information content (AvgIpc) is 2.90. The van der Waals surface area contributed by atoms with E-state index in [1.165, 1.54) is 15.6 Å². The number of hydrogen-bond acceptors (Lipinski definition) is 2. The Morgan fingerprint density at radius 1 is 1.28 bits per heavy atom. The third-order valence-corrected chi connectivity index (χ3v) is 4.44. The van der Waals surface area contributed by atoms with Gasteiger partial charge in [-0.15, -0.1) is 0 Å². The summed E-state index contributed by atoms with van der Waals surface area (Å²) in [5, 5.41) is 8.02. The van der Waals surface area contributed by atoms with Gasteiger partial charge in [-0.1, -0.05) is 41.1 Å². The van der Waals surface area contributed by atoms with Gasteiger partial charge in [-0.2, -0.15) is 11.3 Å². The second kappa shape index (κ2) is 7.07. The molecule has 3 heteroatoms. The molecule has 0 aliphatic heterocycles. The van der Waals surface area contributed by atoms with Gasteiger partial charge in [-0.3, -0.25) is 0 Å². The van der Waals surface area contributed by atoms with Crippen LogP contribution in [-0.4, -0.2) is 6.54 Å². The molecule has 96 valence electrons. The lowest BCUT2D eigenvalue weighted by Gasteiger charge is -2.18. The van der Waals surface area contributed by atoms with Crippen LogP contribution in [0.15, 0.2) is 45.6 Å². The maximum absolute atomic E-state index is 3.63. The number of hydrogen-bond donors (Lipinski definition) is 1. The molecule has 1 unspecified atom stereocenters. The van der Waals surface area contributed by atoms with Crippen molar-refractivity contribution in [1.29, 1.82) is 0 Å². The van der Waals surface area contributed by atoms with Crippen LogP contribution in [0.1, 0.15) is 30.5 Å². The van der Waals surface area contributed by atoms with Crippen molar-refractivity contribution in [3.63, 3.8) is 0 Å². The number of benzene rings is 1. The van der Waals surface area contributed by atoms with Crippen LogP contribution in [0.5, 0.6) is 0 Å². The predicted molar refractivity (Wildman–Crippen MR) is 83.2 cm³/mol. The first-order chi connectivity index (χ1) is 8.81. The zero-order valence-corrected chi connectivity index (χ0v) is 12.9. The van der Waals surface area contributed by atoms with Crippen LogP contribution in [0.2, 0.25) is 0 Å². The van der Waals surface area contributed by atoms with Crippen molar-refractivity contribution < 1.29 is 0 Å². The molecule has 2 rings (SSSR count). The fourth-order valence-electron chi connectivity index (χ4n) is 1.98. The molecule has 1 heterocycles. The van der Waals surface area contributed by atoms with E-state index >= 15 is 0 Å². The Balaban J connectivity index is 2.13. The van der Waals surface area contributed by atoms with E-state index in [1.807, 2.05) is 0 Å². The molecule has 2 aromatic rings. The molecule has 0 aliphatic rings. The number of nitrogens with one attached hydrogen (secondary N) is 1. The van der Waals surface area contributed by atoms with Crippen molar-refractivity contribution in [3.8, 4) is 0 Å². The van der Waals surface area contributed by atoms with Crippen molar-refractivity contribution in [2.24, 2.45) is 0 Å². The Morgan fingerprint density at radius 2 is 2.11 bits per heavy atom. The highest BCUT2D eigenvalue weighted by molar-refractivity contribution is 9.10. The van der Waals surface area contributed by atoms with Crippen LogP contribution in [0.25, 0.3) is 0 Å². The Kier molecular flexibility index (Phi) is 5.42. The van der Waals surface area contributed by atoms with Gasteiger partial charge in [-0.25, -0.2) is 0 Å². The van der Waals surface area contributed by atoms with Gasteiger partial charge in [0.15, 0.2) is 0 Å². The molecule has 1 aromatic heterocycles. The van der Waals surface area contributed by atoms with E-state index in [0.29, 0.717) is 6.04 Å². The molecule has 0 saturated carbocycles. The van der Waals surface area contributed by atoms with Crippen LogP contribution in [0.3, 0.4) is 0 Å². The lowest BCUT2D eigenvalue weighted by molar-refractivity contribution is 0.530. The largest absolute Gasteiger partial charge is 0.310 e. The fourth-order valence-corrected chi connectivity index (χ4v) is 3.14. The monoisotopic (exact) mass is 323 g/mol. The Hall–Kier alpha value is -0.640. The van der Waals surface area contributed by atoms with E-state index in [4.69, 9.17) is 0 Å². The van der Waals surface area contributed by atoms with E-state index in [-0.39, 0.29) is 0 Å². The second-order valence-electron chi connectivity index (χ2n) is 4.36. The summed E-state index contributed by atoms with van der Waals surface area (Å²) in [6.07, 6.45) is 2.19. The lowest BCUT2D eigenvalue weighted by Crippen LogP contribution is -2.23. The quantitative estimate of drug-likeness (QED) is 0.805. The SMILES string of the molecule is CCCNC(Cc1ccccc1Br)c1ccsc1. The van der Waals surface area contributed by atoms with Crippen LogP contribution >= 0.6 is 27.3 Å². The molecule has 1 aromatic carbocycles. The van der Waals surface area contributed by atoms with Gasteiger partial charge in [0.05, 0.1) is 0 Å². The van der Waals surface area contributed by atoms with Crippen molar-refractivity contribution >= 4 is 27.3 Å². The van der Waals surface area contributed by atoms with Gasteiger partial charge >= 0.3 is 0 Å². The molecular formula is C15H18BrNS. The minimum Gasteiger partial charge on any atom is -0.310 e. The van der Waals surface area contributed by atoms with Crippen LogP contribution in [-0.2, 0) is 6.42 Å². The summed E-state index contributed by atoms with van der Waals surface area (Å²) in [7, 11) is 0. The molecule has 1 atom stereocenters. The fraction of sp³-hybridized carbons (Fsp3) is 0.333. The van der Waals surface area contributed by atoms with Gasteiger partial charge in [0.1, 0.15) is 0 Å². The number of rotatable bonds is 6. The van der Waals surface area contributed by atoms with Crippen LogP contribution < -0.4 is 5.32 Å². The summed E-state index contributed by atoms with van der Waals surface area (Å²) in [6.45, 7) is 3.26. The van der Waals surface area contributed by atoms with Crippen molar-refractivity contribution in [2.75, 3.05) is 6.54 Å². The summed E-state index contributed by atoms with van der Waals surface area (Å²) < 4.78 is 1.20. The first kappa shape index (κ1) is 13.8. The van der Waals surface area contributed by atoms with E-state index < -0.39 is 0 Å².